The highest BCUT2D eigenvalue weighted by Crippen LogP contribution is 2.46. The monoisotopic (exact) mass is 607 g/mol. The summed E-state index contributed by atoms with van der Waals surface area (Å²) in [5.41, 5.74) is 6.60. The number of rotatable bonds is 8. The maximum atomic E-state index is 14.2. The Balaban J connectivity index is 1.18. The van der Waals surface area contributed by atoms with E-state index < -0.39 is 11.8 Å². The zero-order chi connectivity index (χ0) is 31.0. The van der Waals surface area contributed by atoms with E-state index in [4.69, 9.17) is 9.47 Å². The largest absolute Gasteiger partial charge is 0.459 e. The number of ether oxygens (including phenoxy) is 2. The lowest BCUT2D eigenvalue weighted by Gasteiger charge is -2.44. The van der Waals surface area contributed by atoms with Crippen molar-refractivity contribution in [2.45, 2.75) is 56.8 Å². The van der Waals surface area contributed by atoms with Crippen molar-refractivity contribution in [2.24, 2.45) is 5.92 Å². The molecule has 3 heterocycles. The molecule has 1 aliphatic carbocycles. The second-order valence-corrected chi connectivity index (χ2v) is 12.5. The third kappa shape index (κ3) is 5.20. The van der Waals surface area contributed by atoms with Crippen LogP contribution < -0.4 is 10.2 Å². The molecule has 2 N–H and O–H groups in total. The predicted molar refractivity (Wildman–Crippen MR) is 172 cm³/mol. The van der Waals surface area contributed by atoms with Crippen LogP contribution in [0.5, 0.6) is 0 Å². The van der Waals surface area contributed by atoms with Gasteiger partial charge in [-0.1, -0.05) is 60.7 Å². The molecule has 4 aliphatic rings. The Bertz CT molecular complexity index is 1600. The molecule has 3 aromatic carbocycles. The summed E-state index contributed by atoms with van der Waals surface area (Å²) in [5.74, 6) is -0.0153. The van der Waals surface area contributed by atoms with Gasteiger partial charge in [0.2, 0.25) is 12.2 Å². The lowest BCUT2D eigenvalue weighted by Crippen LogP contribution is -2.57. The van der Waals surface area contributed by atoms with Crippen LogP contribution in [0.1, 0.15) is 55.2 Å². The summed E-state index contributed by atoms with van der Waals surface area (Å²) >= 11 is 0. The van der Waals surface area contributed by atoms with Gasteiger partial charge in [-0.05, 0) is 85.1 Å². The number of piperidine rings is 1. The van der Waals surface area contributed by atoms with Crippen LogP contribution >= 0.6 is 0 Å². The Labute approximate surface area is 264 Å². The molecule has 45 heavy (non-hydrogen) atoms. The average molecular weight is 608 g/mol. The fraction of sp³-hybridized carbons (Fsp3) is 0.405. The molecule has 3 aromatic rings. The average Bonchev–Trinajstić information content (AvgIpc) is 3.61. The molecule has 0 bridgehead atoms. The second kappa shape index (κ2) is 12.3. The molecular formula is C37H41N3O5. The van der Waals surface area contributed by atoms with E-state index in [0.29, 0.717) is 57.8 Å². The van der Waals surface area contributed by atoms with Crippen LogP contribution in [-0.4, -0.2) is 66.6 Å². The number of aliphatic hydroxyl groups excluding tert-OH is 1. The molecule has 2 amide bonds. The smallest absolute Gasteiger partial charge is 0.288 e. The van der Waals surface area contributed by atoms with Gasteiger partial charge in [0.15, 0.2) is 5.76 Å². The second-order valence-electron chi connectivity index (χ2n) is 12.5. The highest BCUT2D eigenvalue weighted by Gasteiger charge is 2.51. The van der Waals surface area contributed by atoms with E-state index in [1.165, 1.54) is 27.8 Å². The number of carbonyl (C=O) groups is 2. The van der Waals surface area contributed by atoms with Gasteiger partial charge in [-0.15, -0.1) is 0 Å². The first kappa shape index (κ1) is 29.6. The summed E-state index contributed by atoms with van der Waals surface area (Å²) in [6.45, 7) is 3.83. The normalized spacial score (nSPS) is 23.3. The molecule has 0 unspecified atom stereocenters. The van der Waals surface area contributed by atoms with E-state index in [-0.39, 0.29) is 30.3 Å². The number of allylic oxidation sites excluding steroid dienone is 1. The van der Waals surface area contributed by atoms with E-state index in [2.05, 4.69) is 52.7 Å². The molecule has 8 nitrogen and oxygen atoms in total. The van der Waals surface area contributed by atoms with Crippen molar-refractivity contribution in [1.82, 2.24) is 10.2 Å². The van der Waals surface area contributed by atoms with E-state index in [1.54, 1.807) is 0 Å². The molecule has 8 heteroatoms. The van der Waals surface area contributed by atoms with Gasteiger partial charge in [-0.25, -0.2) is 0 Å². The number of hydrogen-bond acceptors (Lipinski definition) is 6. The number of benzene rings is 3. The first-order valence-corrected chi connectivity index (χ1v) is 16.3. The Morgan fingerprint density at radius 2 is 1.78 bits per heavy atom. The minimum absolute atomic E-state index is 0.0220. The number of anilines is 1. The van der Waals surface area contributed by atoms with E-state index in [0.717, 1.165) is 12.1 Å². The molecular weight excluding hydrogens is 566 g/mol. The molecule has 0 saturated carbocycles. The summed E-state index contributed by atoms with van der Waals surface area (Å²) in [5, 5.41) is 12.8. The van der Waals surface area contributed by atoms with Crippen LogP contribution in [-0.2, 0) is 25.5 Å². The SMILES string of the molecule is CCO[C@@H]1OC(C(=O)N2CCC3(CC2)C(=O)NCN3c2ccccc2)=C[C@H](c2cccc3c2Cc2ccccc2-3)[C@@H]1CCCO. The summed E-state index contributed by atoms with van der Waals surface area (Å²) < 4.78 is 12.6. The molecule has 3 aliphatic heterocycles. The van der Waals surface area contributed by atoms with Gasteiger partial charge in [0.25, 0.3) is 5.91 Å². The third-order valence-corrected chi connectivity index (χ3v) is 10.2. The number of amides is 2. The fourth-order valence-corrected chi connectivity index (χ4v) is 7.88. The van der Waals surface area contributed by atoms with Crippen molar-refractivity contribution in [3.63, 3.8) is 0 Å². The molecule has 234 valence electrons. The Kier molecular flexibility index (Phi) is 8.10. The van der Waals surface area contributed by atoms with E-state index in [9.17, 15) is 14.7 Å². The lowest BCUT2D eigenvalue weighted by molar-refractivity contribution is -0.171. The highest BCUT2D eigenvalue weighted by molar-refractivity contribution is 5.95. The lowest BCUT2D eigenvalue weighted by atomic mass is 9.78. The van der Waals surface area contributed by atoms with Crippen LogP contribution in [0.2, 0.25) is 0 Å². The molecule has 0 radical (unpaired) electrons. The Morgan fingerprint density at radius 3 is 2.56 bits per heavy atom. The van der Waals surface area contributed by atoms with Gasteiger partial charge >= 0.3 is 0 Å². The molecule has 2 saturated heterocycles. The number of hydrogen-bond donors (Lipinski definition) is 2. The van der Waals surface area contributed by atoms with Crippen molar-refractivity contribution < 1.29 is 24.2 Å². The van der Waals surface area contributed by atoms with E-state index in [1.807, 2.05) is 48.2 Å². The summed E-state index contributed by atoms with van der Waals surface area (Å²) in [6.07, 6.45) is 4.63. The Morgan fingerprint density at radius 1 is 1.02 bits per heavy atom. The number of carbonyl (C=O) groups excluding carboxylic acids is 2. The van der Waals surface area contributed by atoms with Crippen LogP contribution in [0.25, 0.3) is 11.1 Å². The van der Waals surface area contributed by atoms with Crippen molar-refractivity contribution in [2.75, 3.05) is 37.9 Å². The first-order valence-electron chi connectivity index (χ1n) is 16.3. The van der Waals surface area contributed by atoms with Gasteiger partial charge < -0.3 is 29.7 Å². The van der Waals surface area contributed by atoms with Crippen LogP contribution in [0.4, 0.5) is 5.69 Å². The van der Waals surface area contributed by atoms with Crippen molar-refractivity contribution >= 4 is 17.5 Å². The quantitative estimate of drug-likeness (QED) is 0.294. The van der Waals surface area contributed by atoms with E-state index >= 15 is 0 Å². The van der Waals surface area contributed by atoms with Gasteiger partial charge in [0, 0.05) is 43.8 Å². The summed E-state index contributed by atoms with van der Waals surface area (Å²) in [4.78, 5) is 31.3. The topological polar surface area (TPSA) is 91.3 Å². The number of nitrogens with zero attached hydrogens (tertiary/aromatic N) is 2. The van der Waals surface area contributed by atoms with Crippen LogP contribution in [0, 0.1) is 5.92 Å². The Hall–Kier alpha value is -4.14. The summed E-state index contributed by atoms with van der Waals surface area (Å²) in [7, 11) is 0. The number of aliphatic hydroxyl groups is 1. The number of nitrogens with one attached hydrogen (secondary N) is 1. The molecule has 7 rings (SSSR count). The predicted octanol–water partition coefficient (Wildman–Crippen LogP) is 4.96. The molecule has 3 atom stereocenters. The number of likely N-dealkylation sites (tertiary alicyclic amines) is 1. The fourth-order valence-electron chi connectivity index (χ4n) is 7.88. The van der Waals surface area contributed by atoms with Crippen LogP contribution in [0.15, 0.2) is 84.6 Å². The third-order valence-electron chi connectivity index (χ3n) is 10.2. The van der Waals surface area contributed by atoms with Crippen molar-refractivity contribution in [3.05, 3.63) is 101 Å². The minimum atomic E-state index is -0.675. The minimum Gasteiger partial charge on any atom is -0.459 e. The molecule has 2 fully saturated rings. The van der Waals surface area contributed by atoms with Crippen molar-refractivity contribution in [1.29, 1.82) is 0 Å². The molecule has 0 aromatic heterocycles. The van der Waals surface area contributed by atoms with Gasteiger partial charge in [0.1, 0.15) is 5.54 Å². The highest BCUT2D eigenvalue weighted by atomic mass is 16.7. The maximum absolute atomic E-state index is 14.2. The van der Waals surface area contributed by atoms with Gasteiger partial charge in [-0.3, -0.25) is 9.59 Å². The zero-order valence-electron chi connectivity index (χ0n) is 25.8. The maximum Gasteiger partial charge on any atom is 0.288 e. The summed E-state index contributed by atoms with van der Waals surface area (Å²) in [6, 6.07) is 25.0. The first-order chi connectivity index (χ1) is 22.0. The standard InChI is InChI=1S/C37H41N3O5/c1-2-44-35-30(16-9-21-41)32(29-15-8-14-28-27-13-7-6-10-25(27)22-31(28)29)23-33(45-35)34(42)39-19-17-37(18-20-39)36(43)38-24-40(37)26-11-4-3-5-12-26/h3-8,10-15,23,30,32,35,41H,2,9,16-22,24H2,1H3,(H,38,43)/t30-,32+,35+/m0/s1. The van der Waals surface area contributed by atoms with Gasteiger partial charge in [0.05, 0.1) is 6.67 Å². The van der Waals surface area contributed by atoms with Crippen LogP contribution in [0.3, 0.4) is 0 Å². The zero-order valence-corrected chi connectivity index (χ0v) is 25.8. The number of fused-ring (bicyclic) bond motifs is 3. The van der Waals surface area contributed by atoms with Crippen molar-refractivity contribution in [3.8, 4) is 11.1 Å². The number of para-hydroxylation sites is 1. The molecule has 1 spiro atoms. The van der Waals surface area contributed by atoms with Gasteiger partial charge in [-0.2, -0.15) is 0 Å².